The standard InChI is InChI=1S/C10H15N3O5/c1-2-8(15)9(16)13-7(10(17)18)4-3-6(14)5-12-11/h5,7-8,15H,2-4H2,1H3,(H,13,16)(H,17,18)/t7-,8-/m0/s1. The van der Waals surface area contributed by atoms with Crippen LogP contribution in [0.25, 0.3) is 5.53 Å². The minimum absolute atomic E-state index is 0.150. The molecule has 0 spiro atoms. The molecule has 0 radical (unpaired) electrons. The summed E-state index contributed by atoms with van der Waals surface area (Å²) >= 11 is 0. The minimum atomic E-state index is -1.31. The molecule has 18 heavy (non-hydrogen) atoms. The van der Waals surface area contributed by atoms with Gasteiger partial charge in [-0.25, -0.2) is 4.79 Å². The van der Waals surface area contributed by atoms with E-state index in [1.54, 1.807) is 6.92 Å². The summed E-state index contributed by atoms with van der Waals surface area (Å²) in [5.74, 6) is -2.66. The molecule has 0 aromatic heterocycles. The number of hydrogen-bond donors (Lipinski definition) is 3. The number of amides is 1. The van der Waals surface area contributed by atoms with Crippen molar-refractivity contribution in [2.45, 2.75) is 38.3 Å². The number of nitrogens with one attached hydrogen (secondary N) is 1. The first-order chi connectivity index (χ1) is 8.42. The Morgan fingerprint density at radius 1 is 1.44 bits per heavy atom. The molecular formula is C10H15N3O5. The maximum Gasteiger partial charge on any atom is 0.326 e. The van der Waals surface area contributed by atoms with Gasteiger partial charge in [-0.05, 0) is 12.8 Å². The van der Waals surface area contributed by atoms with Crippen LogP contribution < -0.4 is 5.32 Å². The summed E-state index contributed by atoms with van der Waals surface area (Å²) in [5.41, 5.74) is 8.09. The van der Waals surface area contributed by atoms with Gasteiger partial charge in [-0.1, -0.05) is 6.92 Å². The molecule has 0 aliphatic rings. The number of aliphatic carboxylic acids is 1. The number of aliphatic hydroxyl groups is 1. The van der Waals surface area contributed by atoms with Gasteiger partial charge >= 0.3 is 12.2 Å². The highest BCUT2D eigenvalue weighted by Crippen LogP contribution is 2.00. The van der Waals surface area contributed by atoms with E-state index in [1.807, 2.05) is 0 Å². The fourth-order valence-electron chi connectivity index (χ4n) is 1.13. The molecule has 0 heterocycles. The maximum absolute atomic E-state index is 11.3. The summed E-state index contributed by atoms with van der Waals surface area (Å²) in [7, 11) is 0. The first-order valence-electron chi connectivity index (χ1n) is 5.33. The van der Waals surface area contributed by atoms with Crippen molar-refractivity contribution < 1.29 is 29.4 Å². The van der Waals surface area contributed by atoms with E-state index in [2.05, 4.69) is 10.1 Å². The van der Waals surface area contributed by atoms with Crippen LogP contribution in [-0.4, -0.2) is 51.0 Å². The highest BCUT2D eigenvalue weighted by molar-refractivity contribution is 6.25. The van der Waals surface area contributed by atoms with Gasteiger partial charge in [-0.3, -0.25) is 9.59 Å². The predicted molar refractivity (Wildman–Crippen MR) is 59.8 cm³/mol. The van der Waals surface area contributed by atoms with Crippen molar-refractivity contribution >= 4 is 23.9 Å². The fraction of sp³-hybridized carbons (Fsp3) is 0.600. The summed E-state index contributed by atoms with van der Waals surface area (Å²) in [4.78, 5) is 35.6. The van der Waals surface area contributed by atoms with Crippen LogP contribution in [0.5, 0.6) is 0 Å². The average molecular weight is 257 g/mol. The number of carbonyl (C=O) groups is 3. The minimum Gasteiger partial charge on any atom is -0.480 e. The third kappa shape index (κ3) is 5.88. The third-order valence-electron chi connectivity index (χ3n) is 2.19. The lowest BCUT2D eigenvalue weighted by Gasteiger charge is -2.15. The molecule has 0 fully saturated rings. The molecule has 0 saturated carbocycles. The van der Waals surface area contributed by atoms with E-state index in [0.29, 0.717) is 6.21 Å². The smallest absolute Gasteiger partial charge is 0.326 e. The molecule has 8 nitrogen and oxygen atoms in total. The zero-order chi connectivity index (χ0) is 14.1. The Morgan fingerprint density at radius 2 is 2.06 bits per heavy atom. The molecule has 2 atom stereocenters. The number of rotatable bonds is 8. The molecular weight excluding hydrogens is 242 g/mol. The molecule has 100 valence electrons. The average Bonchev–Trinajstić information content (AvgIpc) is 2.32. The van der Waals surface area contributed by atoms with E-state index >= 15 is 0 Å². The first kappa shape index (κ1) is 16.0. The van der Waals surface area contributed by atoms with Crippen molar-refractivity contribution in [3.8, 4) is 0 Å². The Labute approximate surface area is 103 Å². The van der Waals surface area contributed by atoms with Crippen LogP contribution in [0.1, 0.15) is 26.2 Å². The molecule has 0 bridgehead atoms. The monoisotopic (exact) mass is 257 g/mol. The summed E-state index contributed by atoms with van der Waals surface area (Å²) in [6.07, 6.45) is -0.802. The number of aliphatic hydroxyl groups excluding tert-OH is 1. The van der Waals surface area contributed by atoms with Crippen molar-refractivity contribution in [2.75, 3.05) is 0 Å². The zero-order valence-corrected chi connectivity index (χ0v) is 9.87. The van der Waals surface area contributed by atoms with Crippen LogP contribution in [0, 0.1) is 0 Å². The van der Waals surface area contributed by atoms with Crippen molar-refractivity contribution in [1.29, 1.82) is 0 Å². The van der Waals surface area contributed by atoms with Gasteiger partial charge < -0.3 is 21.1 Å². The summed E-state index contributed by atoms with van der Waals surface area (Å²) in [6, 6.07) is -1.27. The molecule has 3 N–H and O–H groups in total. The highest BCUT2D eigenvalue weighted by atomic mass is 16.4. The highest BCUT2D eigenvalue weighted by Gasteiger charge is 2.23. The second-order valence-electron chi connectivity index (χ2n) is 3.57. The summed E-state index contributed by atoms with van der Waals surface area (Å²) < 4.78 is 0. The van der Waals surface area contributed by atoms with Gasteiger partial charge in [-0.15, -0.1) is 0 Å². The molecule has 0 aromatic rings. The van der Waals surface area contributed by atoms with Crippen LogP contribution in [0.3, 0.4) is 0 Å². The zero-order valence-electron chi connectivity index (χ0n) is 9.87. The van der Waals surface area contributed by atoms with Gasteiger partial charge in [0.15, 0.2) is 0 Å². The van der Waals surface area contributed by atoms with Gasteiger partial charge in [0, 0.05) is 6.42 Å². The van der Waals surface area contributed by atoms with E-state index in [0.717, 1.165) is 0 Å². The Hall–Kier alpha value is -2.05. The molecule has 1 amide bonds. The second-order valence-corrected chi connectivity index (χ2v) is 3.57. The van der Waals surface area contributed by atoms with Crippen LogP contribution in [0.4, 0.5) is 0 Å². The quantitative estimate of drug-likeness (QED) is 0.290. The summed E-state index contributed by atoms with van der Waals surface area (Å²) in [5, 5.41) is 20.1. The molecule has 0 aromatic carbocycles. The SMILES string of the molecule is CC[C@H](O)C(=O)N[C@@H](CCC(=O)C=[N+]=[N-])C(=O)O. The van der Waals surface area contributed by atoms with Gasteiger partial charge in [0.2, 0.25) is 11.7 Å². The van der Waals surface area contributed by atoms with Crippen LogP contribution in [0.15, 0.2) is 0 Å². The molecule has 0 aliphatic carbocycles. The third-order valence-corrected chi connectivity index (χ3v) is 2.19. The van der Waals surface area contributed by atoms with Crippen LogP contribution in [0.2, 0.25) is 0 Å². The number of carbonyl (C=O) groups excluding carboxylic acids is 2. The normalized spacial score (nSPS) is 13.0. The van der Waals surface area contributed by atoms with E-state index in [9.17, 15) is 19.5 Å². The maximum atomic E-state index is 11.3. The summed E-state index contributed by atoms with van der Waals surface area (Å²) in [6.45, 7) is 1.57. The number of hydrogen-bond acceptors (Lipinski definition) is 4. The number of ketones is 1. The lowest BCUT2D eigenvalue weighted by Crippen LogP contribution is -2.45. The molecule has 0 saturated heterocycles. The number of Topliss-reactive ketones (excluding diaryl/α,β-unsaturated/α-hetero) is 1. The second kappa shape index (κ2) is 8.10. The van der Waals surface area contributed by atoms with Gasteiger partial charge in [0.05, 0.1) is 0 Å². The van der Waals surface area contributed by atoms with E-state index in [4.69, 9.17) is 10.6 Å². The van der Waals surface area contributed by atoms with E-state index < -0.39 is 29.8 Å². The largest absolute Gasteiger partial charge is 0.480 e. The van der Waals surface area contributed by atoms with Gasteiger partial charge in [0.1, 0.15) is 12.1 Å². The Kier molecular flexibility index (Phi) is 7.18. The van der Waals surface area contributed by atoms with Crippen molar-refractivity contribution in [3.63, 3.8) is 0 Å². The lowest BCUT2D eigenvalue weighted by molar-refractivity contribution is -0.143. The molecule has 0 unspecified atom stereocenters. The van der Waals surface area contributed by atoms with Crippen molar-refractivity contribution in [3.05, 3.63) is 5.53 Å². The molecule has 0 aliphatic heterocycles. The molecule has 0 rings (SSSR count). The Balaban J connectivity index is 4.41. The van der Waals surface area contributed by atoms with Gasteiger partial charge in [-0.2, -0.15) is 4.79 Å². The number of carboxylic acids is 1. The Morgan fingerprint density at radius 3 is 2.50 bits per heavy atom. The van der Waals surface area contributed by atoms with Crippen LogP contribution >= 0.6 is 0 Å². The number of nitrogens with zero attached hydrogens (tertiary/aromatic N) is 2. The first-order valence-corrected chi connectivity index (χ1v) is 5.33. The number of carboxylic acid groups (broad SMARTS) is 1. The van der Waals surface area contributed by atoms with E-state index in [1.165, 1.54) is 0 Å². The van der Waals surface area contributed by atoms with E-state index in [-0.39, 0.29) is 19.3 Å². The topological polar surface area (TPSA) is 140 Å². The van der Waals surface area contributed by atoms with Crippen molar-refractivity contribution in [1.82, 2.24) is 5.32 Å². The lowest BCUT2D eigenvalue weighted by atomic mass is 10.1. The molecule has 8 heteroatoms. The van der Waals surface area contributed by atoms with Crippen molar-refractivity contribution in [2.24, 2.45) is 0 Å². The predicted octanol–water partition coefficient (Wildman–Crippen LogP) is -1.02. The van der Waals surface area contributed by atoms with Gasteiger partial charge in [0.25, 0.3) is 0 Å². The fourth-order valence-corrected chi connectivity index (χ4v) is 1.13. The van der Waals surface area contributed by atoms with Crippen LogP contribution in [-0.2, 0) is 14.4 Å². The Bertz CT molecular complexity index is 376.